The van der Waals surface area contributed by atoms with Gasteiger partial charge in [-0.05, 0) is 41.5 Å². The van der Waals surface area contributed by atoms with Gasteiger partial charge in [-0.15, -0.1) is 11.3 Å². The fourth-order valence-electron chi connectivity index (χ4n) is 1.88. The molecule has 1 heterocycles. The van der Waals surface area contributed by atoms with E-state index in [9.17, 15) is 0 Å². The fraction of sp³-hybridized carbons (Fsp3) is 0.667. The maximum Gasteiger partial charge on any atom is 0.0300 e. The second-order valence-electron chi connectivity index (χ2n) is 5.24. The summed E-state index contributed by atoms with van der Waals surface area (Å²) in [4.78, 5) is 3.62. The van der Waals surface area contributed by atoms with Crippen LogP contribution in [0.15, 0.2) is 15.9 Å². The third-order valence-electron chi connectivity index (χ3n) is 2.27. The molecule has 0 aliphatic heterocycles. The lowest BCUT2D eigenvalue weighted by molar-refractivity contribution is 0.232. The van der Waals surface area contributed by atoms with Gasteiger partial charge in [-0.1, -0.05) is 13.8 Å². The Morgan fingerprint density at radius 3 is 2.62 bits per heavy atom. The second kappa shape index (κ2) is 6.15. The molecule has 92 valence electrons. The summed E-state index contributed by atoms with van der Waals surface area (Å²) in [5.41, 5.74) is 0.317. The minimum Gasteiger partial charge on any atom is -0.311 e. The van der Waals surface area contributed by atoms with E-state index in [-0.39, 0.29) is 0 Å². The Labute approximate surface area is 111 Å². The summed E-state index contributed by atoms with van der Waals surface area (Å²) in [6.45, 7) is 7.70. The molecule has 0 bridgehead atoms. The lowest BCUT2D eigenvalue weighted by Gasteiger charge is -2.28. The molecular formula is C12H21BrN2S. The van der Waals surface area contributed by atoms with Gasteiger partial charge in [-0.2, -0.15) is 0 Å². The normalized spacial score (nSPS) is 12.4. The van der Waals surface area contributed by atoms with Gasteiger partial charge in [0, 0.05) is 34.4 Å². The van der Waals surface area contributed by atoms with Crippen molar-refractivity contribution < 1.29 is 0 Å². The SMILES string of the molecule is CN(C)CC(C)(C)CNCc1cc(Br)cs1. The van der Waals surface area contributed by atoms with Crippen molar-refractivity contribution in [3.63, 3.8) is 0 Å². The van der Waals surface area contributed by atoms with E-state index in [4.69, 9.17) is 0 Å². The number of halogens is 1. The van der Waals surface area contributed by atoms with E-state index in [2.05, 4.69) is 65.5 Å². The number of rotatable bonds is 6. The van der Waals surface area contributed by atoms with E-state index in [0.717, 1.165) is 19.6 Å². The summed E-state index contributed by atoms with van der Waals surface area (Å²) in [6, 6.07) is 2.18. The monoisotopic (exact) mass is 304 g/mol. The van der Waals surface area contributed by atoms with Crippen molar-refractivity contribution in [2.75, 3.05) is 27.2 Å². The van der Waals surface area contributed by atoms with E-state index in [0.29, 0.717) is 5.41 Å². The molecule has 2 nitrogen and oxygen atoms in total. The van der Waals surface area contributed by atoms with Gasteiger partial charge in [-0.25, -0.2) is 0 Å². The van der Waals surface area contributed by atoms with E-state index in [1.54, 1.807) is 11.3 Å². The Morgan fingerprint density at radius 2 is 2.12 bits per heavy atom. The van der Waals surface area contributed by atoms with Crippen molar-refractivity contribution in [2.24, 2.45) is 5.41 Å². The van der Waals surface area contributed by atoms with E-state index in [1.807, 2.05) is 0 Å². The van der Waals surface area contributed by atoms with Gasteiger partial charge in [-0.3, -0.25) is 0 Å². The molecule has 0 saturated carbocycles. The van der Waals surface area contributed by atoms with Gasteiger partial charge in [0.05, 0.1) is 0 Å². The first-order chi connectivity index (χ1) is 7.39. The van der Waals surface area contributed by atoms with Crippen LogP contribution in [0.5, 0.6) is 0 Å². The quantitative estimate of drug-likeness (QED) is 0.868. The van der Waals surface area contributed by atoms with Crippen LogP contribution in [0.2, 0.25) is 0 Å². The lowest BCUT2D eigenvalue weighted by Crippen LogP contribution is -2.37. The zero-order chi connectivity index (χ0) is 12.2. The molecule has 0 aliphatic carbocycles. The van der Waals surface area contributed by atoms with Crippen molar-refractivity contribution in [1.29, 1.82) is 0 Å². The highest BCUT2D eigenvalue weighted by molar-refractivity contribution is 9.10. The Kier molecular flexibility index (Phi) is 5.44. The zero-order valence-corrected chi connectivity index (χ0v) is 12.9. The minimum atomic E-state index is 0.317. The first-order valence-corrected chi connectivity index (χ1v) is 7.15. The minimum absolute atomic E-state index is 0.317. The number of nitrogens with one attached hydrogen (secondary N) is 1. The van der Waals surface area contributed by atoms with Crippen LogP contribution in [0.1, 0.15) is 18.7 Å². The van der Waals surface area contributed by atoms with Crippen LogP contribution in [-0.2, 0) is 6.54 Å². The molecule has 0 aliphatic rings. The molecule has 1 aromatic rings. The van der Waals surface area contributed by atoms with Crippen LogP contribution in [-0.4, -0.2) is 32.1 Å². The fourth-order valence-corrected chi connectivity index (χ4v) is 3.30. The number of nitrogens with zero attached hydrogens (tertiary/aromatic N) is 1. The van der Waals surface area contributed by atoms with Crippen LogP contribution in [0.4, 0.5) is 0 Å². The molecule has 1 aromatic heterocycles. The van der Waals surface area contributed by atoms with Crippen LogP contribution in [0.3, 0.4) is 0 Å². The maximum absolute atomic E-state index is 3.52. The predicted octanol–water partition coefficient (Wildman–Crippen LogP) is 3.19. The van der Waals surface area contributed by atoms with Crippen LogP contribution in [0.25, 0.3) is 0 Å². The Morgan fingerprint density at radius 1 is 1.44 bits per heavy atom. The first kappa shape index (κ1) is 14.2. The summed E-state index contributed by atoms with van der Waals surface area (Å²) in [6.07, 6.45) is 0. The number of hydrogen-bond acceptors (Lipinski definition) is 3. The first-order valence-electron chi connectivity index (χ1n) is 5.47. The predicted molar refractivity (Wildman–Crippen MR) is 76.1 cm³/mol. The number of hydrogen-bond donors (Lipinski definition) is 1. The topological polar surface area (TPSA) is 15.3 Å². The highest BCUT2D eigenvalue weighted by Gasteiger charge is 2.18. The lowest BCUT2D eigenvalue weighted by atomic mass is 9.93. The molecular weight excluding hydrogens is 284 g/mol. The van der Waals surface area contributed by atoms with Gasteiger partial charge in [0.2, 0.25) is 0 Å². The van der Waals surface area contributed by atoms with Crippen molar-refractivity contribution in [2.45, 2.75) is 20.4 Å². The average Bonchev–Trinajstić information content (AvgIpc) is 2.48. The van der Waals surface area contributed by atoms with Gasteiger partial charge in [0.25, 0.3) is 0 Å². The molecule has 4 heteroatoms. The molecule has 0 unspecified atom stereocenters. The second-order valence-corrected chi connectivity index (χ2v) is 7.15. The Bertz CT molecular complexity index is 321. The molecule has 16 heavy (non-hydrogen) atoms. The van der Waals surface area contributed by atoms with E-state index >= 15 is 0 Å². The van der Waals surface area contributed by atoms with Crippen molar-refractivity contribution in [3.05, 3.63) is 20.8 Å². The summed E-state index contributed by atoms with van der Waals surface area (Å²) in [5.74, 6) is 0. The molecule has 0 saturated heterocycles. The Balaban J connectivity index is 2.29. The largest absolute Gasteiger partial charge is 0.311 e. The molecule has 1 N–H and O–H groups in total. The van der Waals surface area contributed by atoms with E-state index in [1.165, 1.54) is 9.35 Å². The van der Waals surface area contributed by atoms with Crippen molar-refractivity contribution in [3.8, 4) is 0 Å². The van der Waals surface area contributed by atoms with Crippen molar-refractivity contribution >= 4 is 27.3 Å². The molecule has 0 radical (unpaired) electrons. The summed E-state index contributed by atoms with van der Waals surface area (Å²) in [5, 5.41) is 5.65. The average molecular weight is 305 g/mol. The summed E-state index contributed by atoms with van der Waals surface area (Å²) >= 11 is 5.27. The highest BCUT2D eigenvalue weighted by atomic mass is 79.9. The maximum atomic E-state index is 3.52. The van der Waals surface area contributed by atoms with Gasteiger partial charge >= 0.3 is 0 Å². The molecule has 0 atom stereocenters. The Hall–Kier alpha value is 0.1000. The molecule has 0 amide bonds. The molecule has 1 rings (SSSR count). The molecule has 0 spiro atoms. The number of thiophene rings is 1. The van der Waals surface area contributed by atoms with Gasteiger partial charge < -0.3 is 10.2 Å². The smallest absolute Gasteiger partial charge is 0.0300 e. The van der Waals surface area contributed by atoms with Gasteiger partial charge in [0.15, 0.2) is 0 Å². The standard InChI is InChI=1S/C12H21BrN2S/c1-12(2,9-15(3)4)8-14-6-11-5-10(13)7-16-11/h5,7,14H,6,8-9H2,1-4H3. The van der Waals surface area contributed by atoms with Crippen LogP contribution >= 0.6 is 27.3 Å². The van der Waals surface area contributed by atoms with Gasteiger partial charge in [0.1, 0.15) is 0 Å². The third kappa shape index (κ3) is 5.43. The molecule has 0 fully saturated rings. The third-order valence-corrected chi connectivity index (χ3v) is 3.97. The van der Waals surface area contributed by atoms with Crippen molar-refractivity contribution in [1.82, 2.24) is 10.2 Å². The van der Waals surface area contributed by atoms with Crippen LogP contribution in [0, 0.1) is 5.41 Å². The van der Waals surface area contributed by atoms with Crippen LogP contribution < -0.4 is 5.32 Å². The molecule has 0 aromatic carbocycles. The summed E-state index contributed by atoms with van der Waals surface area (Å²) < 4.78 is 1.18. The highest BCUT2D eigenvalue weighted by Crippen LogP contribution is 2.20. The zero-order valence-electron chi connectivity index (χ0n) is 10.5. The van der Waals surface area contributed by atoms with E-state index < -0.39 is 0 Å². The summed E-state index contributed by atoms with van der Waals surface area (Å²) in [7, 11) is 4.25.